The van der Waals surface area contributed by atoms with Gasteiger partial charge in [0, 0.05) is 23.6 Å². The Morgan fingerprint density at radius 3 is 2.84 bits per heavy atom. The van der Waals surface area contributed by atoms with E-state index in [0.29, 0.717) is 17.1 Å². The Hall–Kier alpha value is -3.07. The highest BCUT2D eigenvalue weighted by Gasteiger charge is 2.13. The van der Waals surface area contributed by atoms with Crippen molar-refractivity contribution in [3.8, 4) is 0 Å². The summed E-state index contributed by atoms with van der Waals surface area (Å²) in [6, 6.07) is 4.86. The number of thiophene rings is 1. The van der Waals surface area contributed by atoms with Crippen LogP contribution in [-0.2, 0) is 0 Å². The predicted molar refractivity (Wildman–Crippen MR) is 101 cm³/mol. The van der Waals surface area contributed by atoms with Crippen LogP contribution >= 0.6 is 11.3 Å². The Kier molecular flexibility index (Phi) is 4.57. The molecule has 0 unspecified atom stereocenters. The van der Waals surface area contributed by atoms with Crippen LogP contribution in [0.1, 0.15) is 16.0 Å². The molecule has 0 aliphatic rings. The van der Waals surface area contributed by atoms with E-state index in [1.54, 1.807) is 30.5 Å². The highest BCUT2D eigenvalue weighted by Crippen LogP contribution is 2.32. The number of rotatable bonds is 5. The maximum Gasteiger partial charge on any atom is 0.292 e. The van der Waals surface area contributed by atoms with Crippen molar-refractivity contribution in [2.75, 3.05) is 17.8 Å². The molecule has 25 heavy (non-hydrogen) atoms. The van der Waals surface area contributed by atoms with Gasteiger partial charge >= 0.3 is 0 Å². The van der Waals surface area contributed by atoms with Gasteiger partial charge in [-0.2, -0.15) is 5.10 Å². The molecule has 0 atom stereocenters. The van der Waals surface area contributed by atoms with Crippen LogP contribution < -0.4 is 10.7 Å². The molecule has 2 N–H and O–H groups in total. The lowest BCUT2D eigenvalue weighted by Crippen LogP contribution is -1.99. The predicted octanol–water partition coefficient (Wildman–Crippen LogP) is 3.70. The minimum Gasteiger partial charge on any atom is -0.383 e. The first-order chi connectivity index (χ1) is 12.0. The molecule has 0 fully saturated rings. The van der Waals surface area contributed by atoms with Crippen molar-refractivity contribution in [1.82, 2.24) is 9.97 Å². The van der Waals surface area contributed by atoms with Crippen LogP contribution in [0.15, 0.2) is 29.6 Å². The van der Waals surface area contributed by atoms with Gasteiger partial charge in [-0.15, -0.1) is 11.3 Å². The van der Waals surface area contributed by atoms with Crippen molar-refractivity contribution in [1.29, 1.82) is 0 Å². The number of hydrogen-bond acceptors (Lipinski definition) is 8. The van der Waals surface area contributed by atoms with Crippen LogP contribution in [0.4, 0.5) is 17.2 Å². The summed E-state index contributed by atoms with van der Waals surface area (Å²) in [4.78, 5) is 21.3. The van der Waals surface area contributed by atoms with Crippen LogP contribution in [0.3, 0.4) is 0 Å². The van der Waals surface area contributed by atoms with Crippen LogP contribution in [-0.4, -0.2) is 28.2 Å². The number of aromatic nitrogens is 2. The number of fused-ring (bicyclic) bond motifs is 1. The normalized spacial score (nSPS) is 11.2. The number of hydrazone groups is 1. The van der Waals surface area contributed by atoms with Crippen molar-refractivity contribution in [3.05, 3.63) is 50.6 Å². The summed E-state index contributed by atoms with van der Waals surface area (Å²) in [5, 5.41) is 19.0. The molecule has 0 amide bonds. The number of benzene rings is 1. The molecule has 0 saturated carbocycles. The van der Waals surface area contributed by atoms with E-state index < -0.39 is 4.92 Å². The molecule has 3 rings (SSSR count). The Labute approximate surface area is 147 Å². The quantitative estimate of drug-likeness (QED) is 0.410. The average Bonchev–Trinajstić information content (AvgIpc) is 2.90. The third-order valence-electron chi connectivity index (χ3n) is 3.84. The van der Waals surface area contributed by atoms with E-state index in [1.165, 1.54) is 23.5 Å². The van der Waals surface area contributed by atoms with E-state index in [2.05, 4.69) is 25.8 Å². The van der Waals surface area contributed by atoms with Crippen LogP contribution in [0.2, 0.25) is 0 Å². The van der Waals surface area contributed by atoms with Gasteiger partial charge in [-0.1, -0.05) is 6.07 Å². The van der Waals surface area contributed by atoms with Gasteiger partial charge in [0.05, 0.1) is 16.5 Å². The Bertz CT molecular complexity index is 982. The smallest absolute Gasteiger partial charge is 0.292 e. The molecule has 2 aromatic heterocycles. The second-order valence-electron chi connectivity index (χ2n) is 5.34. The summed E-state index contributed by atoms with van der Waals surface area (Å²) in [7, 11) is 1.64. The molecular weight excluding hydrogens is 340 g/mol. The Balaban J connectivity index is 1.87. The summed E-state index contributed by atoms with van der Waals surface area (Å²) >= 11 is 1.61. The van der Waals surface area contributed by atoms with Gasteiger partial charge in [-0.05, 0) is 25.5 Å². The van der Waals surface area contributed by atoms with Gasteiger partial charge < -0.3 is 5.32 Å². The lowest BCUT2D eigenvalue weighted by atomic mass is 10.2. The van der Waals surface area contributed by atoms with E-state index in [4.69, 9.17) is 0 Å². The Morgan fingerprint density at radius 1 is 1.32 bits per heavy atom. The number of nitro benzene ring substituents is 1. The van der Waals surface area contributed by atoms with Gasteiger partial charge in [0.2, 0.25) is 0 Å². The van der Waals surface area contributed by atoms with Gasteiger partial charge in [-0.3, -0.25) is 15.5 Å². The molecule has 0 spiro atoms. The highest BCUT2D eigenvalue weighted by atomic mass is 32.1. The third kappa shape index (κ3) is 3.26. The summed E-state index contributed by atoms with van der Waals surface area (Å²) in [6.45, 7) is 4.06. The molecule has 1 aromatic carbocycles. The Morgan fingerprint density at radius 2 is 2.12 bits per heavy atom. The minimum absolute atomic E-state index is 0.000167. The standard InChI is InChI=1S/C16H16N6O2S/c1-9-10(2)25-16-14(9)15(18-8-19-16)21-20-7-11-4-5-12(17-3)13(6-11)22(23)24/h4-8,17H,1-3H3,(H,18,19,21)/b20-7+. The summed E-state index contributed by atoms with van der Waals surface area (Å²) < 4.78 is 0. The van der Waals surface area contributed by atoms with Gasteiger partial charge in [-0.25, -0.2) is 9.97 Å². The monoisotopic (exact) mass is 356 g/mol. The molecular formula is C16H16N6O2S. The van der Waals surface area contributed by atoms with Crippen molar-refractivity contribution in [2.24, 2.45) is 5.10 Å². The third-order valence-corrected chi connectivity index (χ3v) is 4.95. The molecule has 2 heterocycles. The second kappa shape index (κ2) is 6.81. The first kappa shape index (κ1) is 16.8. The van der Waals surface area contributed by atoms with Crippen LogP contribution in [0, 0.1) is 24.0 Å². The fourth-order valence-corrected chi connectivity index (χ4v) is 3.42. The SMILES string of the molecule is CNc1ccc(/C=N/Nc2ncnc3sc(C)c(C)c23)cc1[N+](=O)[O-]. The molecule has 0 bridgehead atoms. The average molecular weight is 356 g/mol. The fourth-order valence-electron chi connectivity index (χ4n) is 2.43. The zero-order valence-electron chi connectivity index (χ0n) is 13.9. The fraction of sp³-hybridized carbons (Fsp3) is 0.188. The van der Waals surface area contributed by atoms with Crippen LogP contribution in [0.5, 0.6) is 0 Å². The van der Waals surface area contributed by atoms with Gasteiger partial charge in [0.15, 0.2) is 5.82 Å². The molecule has 0 saturated heterocycles. The zero-order valence-corrected chi connectivity index (χ0v) is 14.7. The number of nitrogens with zero attached hydrogens (tertiary/aromatic N) is 4. The molecule has 3 aromatic rings. The van der Waals surface area contributed by atoms with E-state index in [0.717, 1.165) is 15.8 Å². The first-order valence-corrected chi connectivity index (χ1v) is 8.29. The first-order valence-electron chi connectivity index (χ1n) is 7.47. The van der Waals surface area contributed by atoms with E-state index in [9.17, 15) is 10.1 Å². The molecule has 0 aliphatic carbocycles. The van der Waals surface area contributed by atoms with E-state index in [1.807, 2.05) is 13.8 Å². The highest BCUT2D eigenvalue weighted by molar-refractivity contribution is 7.18. The number of nitrogens with one attached hydrogen (secondary N) is 2. The lowest BCUT2D eigenvalue weighted by Gasteiger charge is -2.03. The molecule has 9 heteroatoms. The number of anilines is 2. The maximum atomic E-state index is 11.1. The summed E-state index contributed by atoms with van der Waals surface area (Å²) in [5.74, 6) is 0.615. The molecule has 0 aliphatic heterocycles. The molecule has 0 radical (unpaired) electrons. The maximum absolute atomic E-state index is 11.1. The topological polar surface area (TPSA) is 105 Å². The van der Waals surface area contributed by atoms with E-state index >= 15 is 0 Å². The van der Waals surface area contributed by atoms with Crippen molar-refractivity contribution < 1.29 is 4.92 Å². The van der Waals surface area contributed by atoms with Crippen LogP contribution in [0.25, 0.3) is 10.2 Å². The zero-order chi connectivity index (χ0) is 18.0. The largest absolute Gasteiger partial charge is 0.383 e. The van der Waals surface area contributed by atoms with Crippen molar-refractivity contribution in [3.63, 3.8) is 0 Å². The van der Waals surface area contributed by atoms with E-state index in [-0.39, 0.29) is 5.69 Å². The molecule has 128 valence electrons. The summed E-state index contributed by atoms with van der Waals surface area (Å²) in [6.07, 6.45) is 3.01. The number of nitro groups is 1. The van der Waals surface area contributed by atoms with Crippen molar-refractivity contribution in [2.45, 2.75) is 13.8 Å². The van der Waals surface area contributed by atoms with Gasteiger partial charge in [0.1, 0.15) is 16.8 Å². The number of hydrogen-bond donors (Lipinski definition) is 2. The second-order valence-corrected chi connectivity index (χ2v) is 6.54. The summed E-state index contributed by atoms with van der Waals surface area (Å²) in [5.41, 5.74) is 5.09. The minimum atomic E-state index is -0.429. The number of aryl methyl sites for hydroxylation is 2. The van der Waals surface area contributed by atoms with Gasteiger partial charge in [0.25, 0.3) is 5.69 Å². The van der Waals surface area contributed by atoms with Crippen molar-refractivity contribution >= 4 is 45.0 Å². The molecule has 8 nitrogen and oxygen atoms in total. The lowest BCUT2D eigenvalue weighted by molar-refractivity contribution is -0.383.